The van der Waals surface area contributed by atoms with E-state index in [1.807, 2.05) is 25.1 Å². The van der Waals surface area contributed by atoms with Crippen LogP contribution in [0.5, 0.6) is 0 Å². The number of hydrogen-bond donors (Lipinski definition) is 1. The highest BCUT2D eigenvalue weighted by Gasteiger charge is 2.18. The second kappa shape index (κ2) is 5.26. The molecule has 0 radical (unpaired) electrons. The number of pyridine rings is 1. The molecule has 3 heterocycles. The van der Waals surface area contributed by atoms with E-state index in [0.29, 0.717) is 0 Å². The predicted molar refractivity (Wildman–Crippen MR) is 81.8 cm³/mol. The molecule has 20 heavy (non-hydrogen) atoms. The predicted octanol–water partition coefficient (Wildman–Crippen LogP) is 3.01. The molecule has 0 aromatic carbocycles. The fourth-order valence-corrected chi connectivity index (χ4v) is 3.24. The lowest BCUT2D eigenvalue weighted by Crippen LogP contribution is -2.16. The molecule has 0 aliphatic carbocycles. The van der Waals surface area contributed by atoms with Crippen LogP contribution in [0.4, 0.5) is 0 Å². The first kappa shape index (κ1) is 13.1. The Balaban J connectivity index is 2.17. The summed E-state index contributed by atoms with van der Waals surface area (Å²) in [5.41, 5.74) is 8.05. The SMILES string of the molecule is CCc1cc2c(C(N)c3ccccn3)nc(C)nc2s1. The quantitative estimate of drug-likeness (QED) is 0.803. The van der Waals surface area contributed by atoms with Crippen molar-refractivity contribution in [2.45, 2.75) is 26.3 Å². The Morgan fingerprint density at radius 1 is 1.30 bits per heavy atom. The van der Waals surface area contributed by atoms with Gasteiger partial charge in [0, 0.05) is 16.5 Å². The molecular formula is C15H16N4S. The summed E-state index contributed by atoms with van der Waals surface area (Å²) in [5, 5.41) is 1.05. The third-order valence-corrected chi connectivity index (χ3v) is 4.41. The molecule has 0 aliphatic heterocycles. The van der Waals surface area contributed by atoms with Crippen molar-refractivity contribution in [2.24, 2.45) is 5.73 Å². The Hall–Kier alpha value is -1.85. The average Bonchev–Trinajstić information content (AvgIpc) is 2.89. The summed E-state index contributed by atoms with van der Waals surface area (Å²) >= 11 is 1.71. The first-order chi connectivity index (χ1) is 9.69. The molecule has 1 unspecified atom stereocenters. The highest BCUT2D eigenvalue weighted by atomic mass is 32.1. The smallest absolute Gasteiger partial charge is 0.127 e. The van der Waals surface area contributed by atoms with Crippen molar-refractivity contribution in [1.29, 1.82) is 0 Å². The topological polar surface area (TPSA) is 64.7 Å². The highest BCUT2D eigenvalue weighted by Crippen LogP contribution is 2.30. The lowest BCUT2D eigenvalue weighted by Gasteiger charge is -2.12. The molecule has 0 spiro atoms. The van der Waals surface area contributed by atoms with Gasteiger partial charge < -0.3 is 5.73 Å². The molecule has 3 aromatic rings. The van der Waals surface area contributed by atoms with Crippen LogP contribution in [0.2, 0.25) is 0 Å². The third-order valence-electron chi connectivity index (χ3n) is 3.23. The van der Waals surface area contributed by atoms with Crippen molar-refractivity contribution in [3.63, 3.8) is 0 Å². The number of aryl methyl sites for hydroxylation is 2. The van der Waals surface area contributed by atoms with Crippen LogP contribution in [0, 0.1) is 6.92 Å². The van der Waals surface area contributed by atoms with Crippen LogP contribution in [-0.4, -0.2) is 15.0 Å². The Kier molecular flexibility index (Phi) is 3.46. The fourth-order valence-electron chi connectivity index (χ4n) is 2.22. The summed E-state index contributed by atoms with van der Waals surface area (Å²) in [6.07, 6.45) is 2.75. The van der Waals surface area contributed by atoms with Crippen LogP contribution < -0.4 is 5.73 Å². The van der Waals surface area contributed by atoms with Crippen LogP contribution in [0.25, 0.3) is 10.2 Å². The van der Waals surface area contributed by atoms with Crippen LogP contribution in [-0.2, 0) is 6.42 Å². The normalized spacial score (nSPS) is 12.8. The van der Waals surface area contributed by atoms with E-state index in [0.717, 1.165) is 33.8 Å². The zero-order valence-corrected chi connectivity index (χ0v) is 12.3. The van der Waals surface area contributed by atoms with Gasteiger partial charge in [0.1, 0.15) is 10.7 Å². The Labute approximate surface area is 121 Å². The molecule has 4 nitrogen and oxygen atoms in total. The number of nitrogens with two attached hydrogens (primary N) is 1. The lowest BCUT2D eigenvalue weighted by atomic mass is 10.1. The molecule has 0 aliphatic rings. The van der Waals surface area contributed by atoms with E-state index in [1.165, 1.54) is 4.88 Å². The Morgan fingerprint density at radius 3 is 2.85 bits per heavy atom. The highest BCUT2D eigenvalue weighted by molar-refractivity contribution is 7.18. The minimum Gasteiger partial charge on any atom is -0.318 e. The summed E-state index contributed by atoms with van der Waals surface area (Å²) in [6, 6.07) is 7.59. The summed E-state index contributed by atoms with van der Waals surface area (Å²) in [5.74, 6) is 0.753. The zero-order valence-electron chi connectivity index (χ0n) is 11.5. The summed E-state index contributed by atoms with van der Waals surface area (Å²) in [7, 11) is 0. The van der Waals surface area contributed by atoms with Crippen molar-refractivity contribution in [3.05, 3.63) is 52.6 Å². The molecule has 0 saturated carbocycles. The maximum atomic E-state index is 6.35. The maximum absolute atomic E-state index is 6.35. The molecule has 0 amide bonds. The van der Waals surface area contributed by atoms with Crippen molar-refractivity contribution in [3.8, 4) is 0 Å². The van der Waals surface area contributed by atoms with E-state index in [4.69, 9.17) is 5.73 Å². The zero-order chi connectivity index (χ0) is 14.1. The Bertz CT molecular complexity index is 736. The minimum absolute atomic E-state index is 0.320. The number of hydrogen-bond acceptors (Lipinski definition) is 5. The van der Waals surface area contributed by atoms with Gasteiger partial charge in [-0.15, -0.1) is 11.3 Å². The van der Waals surface area contributed by atoms with Gasteiger partial charge in [0.25, 0.3) is 0 Å². The number of rotatable bonds is 3. The van der Waals surface area contributed by atoms with Gasteiger partial charge in [-0.3, -0.25) is 4.98 Å². The van der Waals surface area contributed by atoms with Crippen LogP contribution >= 0.6 is 11.3 Å². The van der Waals surface area contributed by atoms with E-state index in [2.05, 4.69) is 27.9 Å². The molecular weight excluding hydrogens is 268 g/mol. The summed E-state index contributed by atoms with van der Waals surface area (Å²) < 4.78 is 0. The van der Waals surface area contributed by atoms with Gasteiger partial charge in [-0.1, -0.05) is 13.0 Å². The van der Waals surface area contributed by atoms with Crippen molar-refractivity contribution < 1.29 is 0 Å². The van der Waals surface area contributed by atoms with E-state index in [1.54, 1.807) is 17.5 Å². The average molecular weight is 284 g/mol. The third kappa shape index (κ3) is 2.30. The summed E-state index contributed by atoms with van der Waals surface area (Å²) in [4.78, 5) is 15.7. The number of fused-ring (bicyclic) bond motifs is 1. The molecule has 3 aromatic heterocycles. The largest absolute Gasteiger partial charge is 0.318 e. The monoisotopic (exact) mass is 284 g/mol. The standard InChI is InChI=1S/C15H16N4S/c1-3-10-8-11-14(18-9(2)19-15(11)20-10)13(16)12-6-4-5-7-17-12/h4-8,13H,3,16H2,1-2H3. The van der Waals surface area contributed by atoms with Gasteiger partial charge in [-0.05, 0) is 31.5 Å². The van der Waals surface area contributed by atoms with Gasteiger partial charge in [0.15, 0.2) is 0 Å². The second-order valence-corrected chi connectivity index (χ2v) is 5.79. The molecule has 102 valence electrons. The van der Waals surface area contributed by atoms with Gasteiger partial charge in [0.2, 0.25) is 0 Å². The molecule has 1 atom stereocenters. The van der Waals surface area contributed by atoms with E-state index in [9.17, 15) is 0 Å². The van der Waals surface area contributed by atoms with Crippen LogP contribution in [0.15, 0.2) is 30.5 Å². The fraction of sp³-hybridized carbons (Fsp3) is 0.267. The maximum Gasteiger partial charge on any atom is 0.127 e. The van der Waals surface area contributed by atoms with Gasteiger partial charge in [-0.25, -0.2) is 9.97 Å². The number of thiophene rings is 1. The van der Waals surface area contributed by atoms with Crippen LogP contribution in [0.1, 0.15) is 35.1 Å². The molecule has 3 rings (SSSR count). The molecule has 5 heteroatoms. The first-order valence-corrected chi connectivity index (χ1v) is 7.44. The lowest BCUT2D eigenvalue weighted by molar-refractivity contribution is 0.792. The molecule has 0 bridgehead atoms. The van der Waals surface area contributed by atoms with Gasteiger partial charge >= 0.3 is 0 Å². The first-order valence-electron chi connectivity index (χ1n) is 6.62. The van der Waals surface area contributed by atoms with Crippen LogP contribution in [0.3, 0.4) is 0 Å². The van der Waals surface area contributed by atoms with E-state index >= 15 is 0 Å². The van der Waals surface area contributed by atoms with Crippen molar-refractivity contribution in [2.75, 3.05) is 0 Å². The number of nitrogens with zero attached hydrogens (tertiary/aromatic N) is 3. The summed E-state index contributed by atoms with van der Waals surface area (Å²) in [6.45, 7) is 4.04. The molecule has 0 fully saturated rings. The Morgan fingerprint density at radius 2 is 2.15 bits per heavy atom. The number of aromatic nitrogens is 3. The van der Waals surface area contributed by atoms with Gasteiger partial charge in [0.05, 0.1) is 17.4 Å². The van der Waals surface area contributed by atoms with E-state index < -0.39 is 0 Å². The second-order valence-electron chi connectivity index (χ2n) is 4.67. The van der Waals surface area contributed by atoms with Crippen molar-refractivity contribution >= 4 is 21.6 Å². The van der Waals surface area contributed by atoms with Crippen molar-refractivity contribution in [1.82, 2.24) is 15.0 Å². The molecule has 2 N–H and O–H groups in total. The van der Waals surface area contributed by atoms with E-state index in [-0.39, 0.29) is 6.04 Å². The van der Waals surface area contributed by atoms with Gasteiger partial charge in [-0.2, -0.15) is 0 Å². The molecule has 0 saturated heterocycles. The minimum atomic E-state index is -0.320.